The summed E-state index contributed by atoms with van der Waals surface area (Å²) in [6.45, 7) is 3.15. The minimum Gasteiger partial charge on any atom is -0.494 e. The number of carbonyl (C=O) groups excluding carboxylic acids is 1. The highest BCUT2D eigenvalue weighted by molar-refractivity contribution is 6.18. The Bertz CT molecular complexity index is 426. The molecule has 0 unspecified atom stereocenters. The molecule has 3 nitrogen and oxygen atoms in total. The SMILES string of the molecule is CCCCN(CCCl)C(=O)c1ccc(OC)c(F)c1. The largest absolute Gasteiger partial charge is 0.494 e. The third-order valence-corrected chi connectivity index (χ3v) is 2.99. The number of benzene rings is 1. The van der Waals surface area contributed by atoms with E-state index in [0.717, 1.165) is 12.8 Å². The normalized spacial score (nSPS) is 10.3. The van der Waals surface area contributed by atoms with Gasteiger partial charge in [-0.05, 0) is 24.6 Å². The van der Waals surface area contributed by atoms with Gasteiger partial charge in [0.2, 0.25) is 0 Å². The van der Waals surface area contributed by atoms with Crippen molar-refractivity contribution in [2.45, 2.75) is 19.8 Å². The van der Waals surface area contributed by atoms with E-state index in [4.69, 9.17) is 16.3 Å². The van der Waals surface area contributed by atoms with Crippen LogP contribution >= 0.6 is 11.6 Å². The molecule has 0 N–H and O–H groups in total. The Morgan fingerprint density at radius 3 is 2.68 bits per heavy atom. The number of hydrogen-bond acceptors (Lipinski definition) is 2. The smallest absolute Gasteiger partial charge is 0.253 e. The van der Waals surface area contributed by atoms with Crippen LogP contribution in [0.2, 0.25) is 0 Å². The molecule has 0 bridgehead atoms. The molecule has 0 spiro atoms. The van der Waals surface area contributed by atoms with Crippen LogP contribution in [-0.2, 0) is 0 Å². The first-order chi connectivity index (χ1) is 9.13. The third-order valence-electron chi connectivity index (χ3n) is 2.82. The second-order valence-corrected chi connectivity index (χ2v) is 4.56. The predicted molar refractivity (Wildman–Crippen MR) is 74.5 cm³/mol. The maximum atomic E-state index is 13.6. The first-order valence-electron chi connectivity index (χ1n) is 6.32. The van der Waals surface area contributed by atoms with Crippen molar-refractivity contribution in [3.05, 3.63) is 29.6 Å². The minimum atomic E-state index is -0.533. The number of methoxy groups -OCH3 is 1. The van der Waals surface area contributed by atoms with E-state index in [0.29, 0.717) is 24.5 Å². The topological polar surface area (TPSA) is 29.5 Å². The summed E-state index contributed by atoms with van der Waals surface area (Å²) in [4.78, 5) is 13.9. The van der Waals surface area contributed by atoms with Crippen LogP contribution in [0.1, 0.15) is 30.1 Å². The zero-order chi connectivity index (χ0) is 14.3. The van der Waals surface area contributed by atoms with Crippen molar-refractivity contribution < 1.29 is 13.9 Å². The van der Waals surface area contributed by atoms with E-state index in [-0.39, 0.29) is 11.7 Å². The van der Waals surface area contributed by atoms with Crippen LogP contribution in [0, 0.1) is 5.82 Å². The number of hydrogen-bond donors (Lipinski definition) is 0. The summed E-state index contributed by atoms with van der Waals surface area (Å²) in [6, 6.07) is 4.23. The van der Waals surface area contributed by atoms with Crippen LogP contribution in [0.5, 0.6) is 5.75 Å². The lowest BCUT2D eigenvalue weighted by molar-refractivity contribution is 0.0763. The second kappa shape index (κ2) is 8.00. The molecule has 1 rings (SSSR count). The van der Waals surface area contributed by atoms with Crippen molar-refractivity contribution in [1.82, 2.24) is 4.90 Å². The van der Waals surface area contributed by atoms with Gasteiger partial charge in [-0.15, -0.1) is 11.6 Å². The zero-order valence-electron chi connectivity index (χ0n) is 11.3. The van der Waals surface area contributed by atoms with Gasteiger partial charge in [0.25, 0.3) is 5.91 Å². The van der Waals surface area contributed by atoms with Crippen molar-refractivity contribution in [3.63, 3.8) is 0 Å². The molecule has 0 saturated heterocycles. The first-order valence-corrected chi connectivity index (χ1v) is 6.86. The van der Waals surface area contributed by atoms with Gasteiger partial charge in [0.05, 0.1) is 7.11 Å². The molecule has 0 aliphatic rings. The van der Waals surface area contributed by atoms with E-state index in [1.165, 1.54) is 19.2 Å². The van der Waals surface area contributed by atoms with Crippen molar-refractivity contribution in [2.24, 2.45) is 0 Å². The number of rotatable bonds is 7. The van der Waals surface area contributed by atoms with Gasteiger partial charge in [0.15, 0.2) is 11.6 Å². The van der Waals surface area contributed by atoms with Gasteiger partial charge in [-0.3, -0.25) is 4.79 Å². The Balaban J connectivity index is 2.86. The molecular weight excluding hydrogens is 269 g/mol. The van der Waals surface area contributed by atoms with Gasteiger partial charge >= 0.3 is 0 Å². The highest BCUT2D eigenvalue weighted by atomic mass is 35.5. The highest BCUT2D eigenvalue weighted by Crippen LogP contribution is 2.19. The minimum absolute atomic E-state index is 0.133. The standard InChI is InChI=1S/C14H19ClFNO2/c1-3-4-8-17(9-7-15)14(18)11-5-6-13(19-2)12(16)10-11/h5-6,10H,3-4,7-9H2,1-2H3. The fourth-order valence-electron chi connectivity index (χ4n) is 1.75. The summed E-state index contributed by atoms with van der Waals surface area (Å²) >= 11 is 5.70. The van der Waals surface area contributed by atoms with E-state index in [1.54, 1.807) is 11.0 Å². The van der Waals surface area contributed by atoms with Crippen molar-refractivity contribution in [3.8, 4) is 5.75 Å². The molecule has 0 atom stereocenters. The summed E-state index contributed by atoms with van der Waals surface area (Å²) in [5.74, 6) is -0.229. The van der Waals surface area contributed by atoms with E-state index >= 15 is 0 Å². The molecule has 0 radical (unpaired) electrons. The molecule has 106 valence electrons. The molecule has 0 aliphatic heterocycles. The lowest BCUT2D eigenvalue weighted by atomic mass is 10.1. The quantitative estimate of drug-likeness (QED) is 0.720. The van der Waals surface area contributed by atoms with Crippen molar-refractivity contribution in [1.29, 1.82) is 0 Å². The Hall–Kier alpha value is -1.29. The van der Waals surface area contributed by atoms with Gasteiger partial charge in [-0.1, -0.05) is 13.3 Å². The average molecular weight is 288 g/mol. The molecule has 1 aromatic carbocycles. The molecule has 1 amide bonds. The lowest BCUT2D eigenvalue weighted by Crippen LogP contribution is -2.33. The van der Waals surface area contributed by atoms with Crippen LogP contribution in [0.15, 0.2) is 18.2 Å². The lowest BCUT2D eigenvalue weighted by Gasteiger charge is -2.21. The number of nitrogens with zero attached hydrogens (tertiary/aromatic N) is 1. The number of unbranched alkanes of at least 4 members (excludes halogenated alkanes) is 1. The third kappa shape index (κ3) is 4.39. The Morgan fingerprint density at radius 1 is 1.42 bits per heavy atom. The van der Waals surface area contributed by atoms with Crippen molar-refractivity contribution in [2.75, 3.05) is 26.1 Å². The average Bonchev–Trinajstić information content (AvgIpc) is 2.42. The zero-order valence-corrected chi connectivity index (χ0v) is 12.0. The van der Waals surface area contributed by atoms with Crippen molar-refractivity contribution >= 4 is 17.5 Å². The van der Waals surface area contributed by atoms with E-state index < -0.39 is 5.82 Å². The number of amides is 1. The number of carbonyl (C=O) groups is 1. The molecule has 0 saturated carbocycles. The van der Waals surface area contributed by atoms with E-state index in [2.05, 4.69) is 6.92 Å². The van der Waals surface area contributed by atoms with Crippen LogP contribution in [0.3, 0.4) is 0 Å². The fraction of sp³-hybridized carbons (Fsp3) is 0.500. The molecule has 0 aromatic heterocycles. The monoisotopic (exact) mass is 287 g/mol. The second-order valence-electron chi connectivity index (χ2n) is 4.18. The van der Waals surface area contributed by atoms with Crippen LogP contribution < -0.4 is 4.74 Å². The Kier molecular flexibility index (Phi) is 6.64. The van der Waals surface area contributed by atoms with Crippen LogP contribution in [-0.4, -0.2) is 36.9 Å². The van der Waals surface area contributed by atoms with Gasteiger partial charge in [0, 0.05) is 24.5 Å². The van der Waals surface area contributed by atoms with Gasteiger partial charge in [0.1, 0.15) is 0 Å². The Morgan fingerprint density at radius 2 is 2.16 bits per heavy atom. The van der Waals surface area contributed by atoms with Gasteiger partial charge < -0.3 is 9.64 Å². The van der Waals surface area contributed by atoms with Gasteiger partial charge in [-0.25, -0.2) is 4.39 Å². The molecule has 0 heterocycles. The number of ether oxygens (including phenoxy) is 1. The summed E-state index contributed by atoms with van der Waals surface area (Å²) in [5, 5.41) is 0. The summed E-state index contributed by atoms with van der Waals surface area (Å²) in [5.41, 5.74) is 0.319. The van der Waals surface area contributed by atoms with Gasteiger partial charge in [-0.2, -0.15) is 0 Å². The number of halogens is 2. The fourth-order valence-corrected chi connectivity index (χ4v) is 1.95. The van der Waals surface area contributed by atoms with E-state index in [9.17, 15) is 9.18 Å². The predicted octanol–water partition coefficient (Wildman–Crippen LogP) is 3.32. The summed E-state index contributed by atoms with van der Waals surface area (Å²) in [7, 11) is 1.39. The Labute approximate surface area is 118 Å². The highest BCUT2D eigenvalue weighted by Gasteiger charge is 2.16. The molecule has 0 aliphatic carbocycles. The van der Waals surface area contributed by atoms with E-state index in [1.807, 2.05) is 0 Å². The molecular formula is C14H19ClFNO2. The first kappa shape index (κ1) is 15.8. The maximum Gasteiger partial charge on any atom is 0.253 e. The maximum absolute atomic E-state index is 13.6. The van der Waals surface area contributed by atoms with Crippen LogP contribution in [0.4, 0.5) is 4.39 Å². The molecule has 0 fully saturated rings. The van der Waals surface area contributed by atoms with Crippen LogP contribution in [0.25, 0.3) is 0 Å². The molecule has 1 aromatic rings. The molecule has 5 heteroatoms. The number of alkyl halides is 1. The summed E-state index contributed by atoms with van der Waals surface area (Å²) in [6.07, 6.45) is 1.89. The summed E-state index contributed by atoms with van der Waals surface area (Å²) < 4.78 is 18.4. The molecule has 19 heavy (non-hydrogen) atoms.